The van der Waals surface area contributed by atoms with Crippen LogP contribution in [0.5, 0.6) is 0 Å². The molecule has 4 rings (SSSR count). The van der Waals surface area contributed by atoms with Crippen molar-refractivity contribution in [2.24, 2.45) is 0 Å². The first-order chi connectivity index (χ1) is 12.8. The molecule has 3 aromatic rings. The van der Waals surface area contributed by atoms with E-state index in [1.807, 2.05) is 52.1 Å². The van der Waals surface area contributed by atoms with Crippen LogP contribution in [0.2, 0.25) is 0 Å². The second-order valence-electron chi connectivity index (χ2n) is 6.41. The summed E-state index contributed by atoms with van der Waals surface area (Å²) in [6, 6.07) is 13.9. The van der Waals surface area contributed by atoms with Gasteiger partial charge in [-0.15, -0.1) is 0 Å². The summed E-state index contributed by atoms with van der Waals surface area (Å²) in [7, 11) is 0. The van der Waals surface area contributed by atoms with E-state index in [0.717, 1.165) is 38.4 Å². The molecule has 0 spiro atoms. The van der Waals surface area contributed by atoms with E-state index < -0.39 is 0 Å². The molecule has 0 radical (unpaired) electrons. The molecule has 1 fully saturated rings. The summed E-state index contributed by atoms with van der Waals surface area (Å²) in [5.74, 6) is 0.0346. The van der Waals surface area contributed by atoms with Crippen LogP contribution in [-0.4, -0.2) is 56.4 Å². The Bertz CT molecular complexity index is 854. The molecule has 0 unspecified atom stereocenters. The molecule has 6 nitrogen and oxygen atoms in total. The van der Waals surface area contributed by atoms with E-state index in [2.05, 4.69) is 20.9 Å². The van der Waals surface area contributed by atoms with E-state index in [1.54, 1.807) is 18.7 Å². The quantitative estimate of drug-likeness (QED) is 0.726. The lowest BCUT2D eigenvalue weighted by Crippen LogP contribution is -2.48. The number of rotatable bonds is 4. The third-order valence-electron chi connectivity index (χ3n) is 4.68. The Labute approximate surface area is 152 Å². The average molecular weight is 347 g/mol. The molecule has 1 amide bonds. The van der Waals surface area contributed by atoms with Crippen LogP contribution in [0.25, 0.3) is 5.69 Å². The van der Waals surface area contributed by atoms with Crippen molar-refractivity contribution < 1.29 is 4.79 Å². The molecule has 0 aliphatic carbocycles. The first-order valence-corrected chi connectivity index (χ1v) is 8.79. The van der Waals surface area contributed by atoms with Crippen molar-refractivity contribution in [1.82, 2.24) is 24.3 Å². The molecule has 132 valence electrons. The number of imidazole rings is 1. The molecule has 26 heavy (non-hydrogen) atoms. The van der Waals surface area contributed by atoms with E-state index in [1.165, 1.54) is 5.56 Å². The van der Waals surface area contributed by atoms with Crippen molar-refractivity contribution >= 4 is 5.91 Å². The van der Waals surface area contributed by atoms with Crippen LogP contribution in [0.15, 0.2) is 67.4 Å². The van der Waals surface area contributed by atoms with E-state index in [0.29, 0.717) is 5.69 Å². The summed E-state index contributed by atoms with van der Waals surface area (Å²) in [4.78, 5) is 25.6. The summed E-state index contributed by atoms with van der Waals surface area (Å²) in [6.45, 7) is 4.04. The van der Waals surface area contributed by atoms with Gasteiger partial charge < -0.3 is 4.90 Å². The molecular weight excluding hydrogens is 326 g/mol. The van der Waals surface area contributed by atoms with Gasteiger partial charge in [0.1, 0.15) is 5.69 Å². The number of amides is 1. The van der Waals surface area contributed by atoms with Crippen molar-refractivity contribution in [3.8, 4) is 5.69 Å². The smallest absolute Gasteiger partial charge is 0.272 e. The molecule has 0 N–H and O–H groups in total. The number of carbonyl (C=O) groups is 1. The molecule has 1 aliphatic rings. The Morgan fingerprint density at radius 1 is 0.923 bits per heavy atom. The van der Waals surface area contributed by atoms with Crippen LogP contribution in [0.1, 0.15) is 16.1 Å². The topological polar surface area (TPSA) is 54.3 Å². The van der Waals surface area contributed by atoms with Gasteiger partial charge in [0.15, 0.2) is 0 Å². The predicted octanol–water partition coefficient (Wildman–Crippen LogP) is 2.23. The minimum absolute atomic E-state index is 0.0346. The van der Waals surface area contributed by atoms with Crippen LogP contribution in [0, 0.1) is 0 Å². The number of piperazine rings is 1. The fourth-order valence-electron chi connectivity index (χ4n) is 3.27. The zero-order valence-corrected chi connectivity index (χ0v) is 14.5. The minimum atomic E-state index is 0.0346. The van der Waals surface area contributed by atoms with Crippen molar-refractivity contribution in [3.63, 3.8) is 0 Å². The van der Waals surface area contributed by atoms with Crippen LogP contribution in [0.4, 0.5) is 0 Å². The first-order valence-electron chi connectivity index (χ1n) is 8.79. The zero-order chi connectivity index (χ0) is 17.8. The number of benzene rings is 1. The number of hydrogen-bond donors (Lipinski definition) is 0. The van der Waals surface area contributed by atoms with Crippen LogP contribution in [-0.2, 0) is 6.54 Å². The first kappa shape index (κ1) is 16.5. The summed E-state index contributed by atoms with van der Waals surface area (Å²) in [6.07, 6.45) is 7.03. The van der Waals surface area contributed by atoms with Crippen LogP contribution < -0.4 is 0 Å². The second-order valence-corrected chi connectivity index (χ2v) is 6.41. The highest BCUT2D eigenvalue weighted by molar-refractivity contribution is 5.93. The lowest BCUT2D eigenvalue weighted by molar-refractivity contribution is 0.0620. The number of nitrogens with zero attached hydrogens (tertiary/aromatic N) is 5. The Morgan fingerprint density at radius 2 is 1.73 bits per heavy atom. The van der Waals surface area contributed by atoms with E-state index in [9.17, 15) is 4.79 Å². The third-order valence-corrected chi connectivity index (χ3v) is 4.68. The molecule has 0 atom stereocenters. The average Bonchev–Trinajstić information content (AvgIpc) is 3.19. The Hall–Kier alpha value is -2.99. The van der Waals surface area contributed by atoms with Gasteiger partial charge in [0.25, 0.3) is 5.91 Å². The summed E-state index contributed by atoms with van der Waals surface area (Å²) >= 11 is 0. The van der Waals surface area contributed by atoms with Gasteiger partial charge >= 0.3 is 0 Å². The van der Waals surface area contributed by atoms with E-state index >= 15 is 0 Å². The van der Waals surface area contributed by atoms with Crippen molar-refractivity contribution in [2.45, 2.75) is 6.54 Å². The monoisotopic (exact) mass is 347 g/mol. The maximum atomic E-state index is 13.0. The predicted molar refractivity (Wildman–Crippen MR) is 99.0 cm³/mol. The molecule has 2 aromatic heterocycles. The Balaban J connectivity index is 1.41. The van der Waals surface area contributed by atoms with Gasteiger partial charge in [0, 0.05) is 50.8 Å². The van der Waals surface area contributed by atoms with Crippen LogP contribution in [0.3, 0.4) is 0 Å². The van der Waals surface area contributed by atoms with E-state index in [-0.39, 0.29) is 5.91 Å². The molecule has 0 bridgehead atoms. The zero-order valence-electron chi connectivity index (χ0n) is 14.5. The molecule has 6 heteroatoms. The Morgan fingerprint density at radius 3 is 2.46 bits per heavy atom. The highest BCUT2D eigenvalue weighted by atomic mass is 16.2. The second kappa shape index (κ2) is 7.49. The standard InChI is InChI=1S/C20H21N5O/c26-20(19-14-22-16-25(19)18-6-2-1-3-7-18)24-11-9-23(10-12-24)15-17-5-4-8-21-13-17/h1-8,13-14,16H,9-12,15H2. The van der Waals surface area contributed by atoms with Gasteiger partial charge in [-0.05, 0) is 23.8 Å². The fraction of sp³-hybridized carbons (Fsp3) is 0.250. The SMILES string of the molecule is O=C(c1cncn1-c1ccccc1)N1CCN(Cc2cccnc2)CC1. The maximum absolute atomic E-state index is 13.0. The van der Waals surface area contributed by atoms with Gasteiger partial charge in [0.05, 0.1) is 12.5 Å². The van der Waals surface area contributed by atoms with Gasteiger partial charge in [-0.3, -0.25) is 19.2 Å². The molecule has 1 aromatic carbocycles. The highest BCUT2D eigenvalue weighted by Gasteiger charge is 2.24. The normalized spacial score (nSPS) is 15.2. The van der Waals surface area contributed by atoms with Gasteiger partial charge in [-0.1, -0.05) is 24.3 Å². The van der Waals surface area contributed by atoms with Crippen LogP contribution >= 0.6 is 0 Å². The molecule has 1 saturated heterocycles. The number of aromatic nitrogens is 3. The van der Waals surface area contributed by atoms with Crippen molar-refractivity contribution in [3.05, 3.63) is 78.6 Å². The summed E-state index contributed by atoms with van der Waals surface area (Å²) in [5, 5.41) is 0. The van der Waals surface area contributed by atoms with E-state index in [4.69, 9.17) is 0 Å². The van der Waals surface area contributed by atoms with Crippen molar-refractivity contribution in [2.75, 3.05) is 26.2 Å². The highest BCUT2D eigenvalue weighted by Crippen LogP contribution is 2.15. The molecule has 3 heterocycles. The largest absolute Gasteiger partial charge is 0.335 e. The van der Waals surface area contributed by atoms with Gasteiger partial charge in [-0.25, -0.2) is 4.98 Å². The third kappa shape index (κ3) is 3.50. The fourth-order valence-corrected chi connectivity index (χ4v) is 3.27. The number of pyridine rings is 1. The van der Waals surface area contributed by atoms with Gasteiger partial charge in [-0.2, -0.15) is 0 Å². The number of para-hydroxylation sites is 1. The minimum Gasteiger partial charge on any atom is -0.335 e. The summed E-state index contributed by atoms with van der Waals surface area (Å²) in [5.41, 5.74) is 2.76. The van der Waals surface area contributed by atoms with Gasteiger partial charge in [0.2, 0.25) is 0 Å². The lowest BCUT2D eigenvalue weighted by atomic mass is 10.2. The van der Waals surface area contributed by atoms with Crippen molar-refractivity contribution in [1.29, 1.82) is 0 Å². The molecule has 1 aliphatic heterocycles. The molecular formula is C20H21N5O. The number of hydrogen-bond acceptors (Lipinski definition) is 4. The lowest BCUT2D eigenvalue weighted by Gasteiger charge is -2.34. The molecule has 0 saturated carbocycles. The summed E-state index contributed by atoms with van der Waals surface area (Å²) < 4.78 is 1.85. The Kier molecular flexibility index (Phi) is 4.75. The number of carbonyl (C=O) groups excluding carboxylic acids is 1. The maximum Gasteiger partial charge on any atom is 0.272 e.